The number of esters is 1. The zero-order chi connectivity index (χ0) is 24.3. The zero-order valence-corrected chi connectivity index (χ0v) is 21.3. The Morgan fingerprint density at radius 2 is 1.74 bits per heavy atom. The molecule has 6 rings (SSSR count). The van der Waals surface area contributed by atoms with E-state index in [0.717, 1.165) is 44.9 Å². The summed E-state index contributed by atoms with van der Waals surface area (Å²) in [5.41, 5.74) is -1.11. The van der Waals surface area contributed by atoms with Gasteiger partial charge in [0.2, 0.25) is 15.9 Å². The van der Waals surface area contributed by atoms with Crippen molar-refractivity contribution < 1.29 is 22.7 Å². The lowest BCUT2D eigenvalue weighted by atomic mass is 9.48. The highest BCUT2D eigenvalue weighted by molar-refractivity contribution is 7.89. The minimum absolute atomic E-state index is 0.0308. The molecule has 186 valence electrons. The molecule has 9 heteroatoms. The fourth-order valence-corrected chi connectivity index (χ4v) is 9.48. The Kier molecular flexibility index (Phi) is 6.01. The van der Waals surface area contributed by atoms with E-state index in [1.54, 1.807) is 19.1 Å². The van der Waals surface area contributed by atoms with Crippen molar-refractivity contribution in [3.8, 4) is 0 Å². The van der Waals surface area contributed by atoms with E-state index >= 15 is 0 Å². The summed E-state index contributed by atoms with van der Waals surface area (Å²) < 4.78 is 34.7. The van der Waals surface area contributed by atoms with E-state index in [1.807, 2.05) is 0 Å². The molecule has 2 unspecified atom stereocenters. The van der Waals surface area contributed by atoms with Gasteiger partial charge in [-0.2, -0.15) is 4.72 Å². The van der Waals surface area contributed by atoms with Crippen LogP contribution in [0.25, 0.3) is 0 Å². The van der Waals surface area contributed by atoms with Gasteiger partial charge in [0, 0.05) is 11.1 Å². The van der Waals surface area contributed by atoms with E-state index in [4.69, 9.17) is 16.3 Å². The predicted octanol–water partition coefficient (Wildman–Crippen LogP) is 3.72. The molecular weight excluding hydrogens is 476 g/mol. The van der Waals surface area contributed by atoms with Crippen LogP contribution in [0.5, 0.6) is 0 Å². The molecule has 0 saturated heterocycles. The highest BCUT2D eigenvalue weighted by Gasteiger charge is 2.60. The van der Waals surface area contributed by atoms with Gasteiger partial charge in [-0.1, -0.05) is 30.5 Å². The van der Waals surface area contributed by atoms with E-state index in [0.29, 0.717) is 29.3 Å². The van der Waals surface area contributed by atoms with Gasteiger partial charge in [-0.05, 0) is 87.3 Å². The normalized spacial score (nSPS) is 33.6. The summed E-state index contributed by atoms with van der Waals surface area (Å²) in [5, 5.41) is 3.65. The number of sulfonamides is 1. The van der Waals surface area contributed by atoms with Crippen LogP contribution in [-0.2, 0) is 24.3 Å². The predicted molar refractivity (Wildman–Crippen MR) is 128 cm³/mol. The molecule has 5 aliphatic rings. The number of carbonyl (C=O) groups excluding carboxylic acids is 2. The molecule has 5 aliphatic carbocycles. The molecule has 0 aromatic heterocycles. The van der Waals surface area contributed by atoms with Gasteiger partial charge in [0.25, 0.3) is 0 Å². The number of nitrogens with one attached hydrogen (secondary N) is 2. The minimum atomic E-state index is -3.94. The third kappa shape index (κ3) is 3.86. The SMILES string of the molecule is COC(=O)C12CC3CC(C1)C(NC(=O)C1(NS(=O)(=O)c4cccc(Cl)c4C)CCCC1)C(C3)C2. The molecule has 0 spiro atoms. The highest BCUT2D eigenvalue weighted by Crippen LogP contribution is 2.60. The van der Waals surface area contributed by atoms with E-state index < -0.39 is 21.0 Å². The Balaban J connectivity index is 1.37. The first kappa shape index (κ1) is 24.1. The number of rotatable bonds is 6. The molecule has 1 aromatic carbocycles. The Hall–Kier alpha value is -1.64. The first-order chi connectivity index (χ1) is 16.1. The quantitative estimate of drug-likeness (QED) is 0.570. The standard InChI is InChI=1S/C25H33ClN2O5S/c1-15-19(26)6-5-7-20(15)34(31,32)28-25(8-3-4-9-25)22(29)27-21-17-10-16-11-18(21)14-24(12-16,13-17)23(30)33-2/h5-7,16-18,21,28H,3-4,8-14H2,1-2H3,(H,27,29). The second kappa shape index (κ2) is 8.49. The van der Waals surface area contributed by atoms with E-state index in [1.165, 1.54) is 13.2 Å². The fraction of sp³-hybridized carbons (Fsp3) is 0.680. The summed E-state index contributed by atoms with van der Waals surface area (Å²) in [6, 6.07) is 4.75. The van der Waals surface area contributed by atoms with Crippen molar-refractivity contribution >= 4 is 33.5 Å². The van der Waals surface area contributed by atoms with E-state index in [-0.39, 0.29) is 34.6 Å². The van der Waals surface area contributed by atoms with Crippen LogP contribution in [0.15, 0.2) is 23.1 Å². The second-order valence-corrected chi connectivity index (χ2v) is 13.1. The summed E-state index contributed by atoms with van der Waals surface area (Å²) in [6.07, 6.45) is 6.86. The summed E-state index contributed by atoms with van der Waals surface area (Å²) in [4.78, 5) is 26.4. The maximum atomic E-state index is 13.7. The third-order valence-corrected chi connectivity index (χ3v) is 11.0. The zero-order valence-electron chi connectivity index (χ0n) is 19.7. The van der Waals surface area contributed by atoms with Gasteiger partial charge in [0.05, 0.1) is 17.4 Å². The van der Waals surface area contributed by atoms with Crippen LogP contribution >= 0.6 is 11.6 Å². The first-order valence-corrected chi connectivity index (χ1v) is 14.1. The van der Waals surface area contributed by atoms with Crippen molar-refractivity contribution in [3.63, 3.8) is 0 Å². The van der Waals surface area contributed by atoms with Gasteiger partial charge in [-0.25, -0.2) is 8.42 Å². The average molecular weight is 509 g/mol. The lowest BCUT2D eigenvalue weighted by Crippen LogP contribution is -2.65. The Labute approximate surface area is 206 Å². The molecule has 2 atom stereocenters. The van der Waals surface area contributed by atoms with Crippen molar-refractivity contribution in [1.82, 2.24) is 10.0 Å². The minimum Gasteiger partial charge on any atom is -0.469 e. The monoisotopic (exact) mass is 508 g/mol. The summed E-state index contributed by atoms with van der Waals surface area (Å²) in [5.74, 6) is 0.583. The molecule has 0 heterocycles. The number of hydrogen-bond acceptors (Lipinski definition) is 5. The molecule has 0 radical (unpaired) electrons. The number of ether oxygens (including phenoxy) is 1. The topological polar surface area (TPSA) is 102 Å². The fourth-order valence-electron chi connectivity index (χ4n) is 7.56. The lowest BCUT2D eigenvalue weighted by Gasteiger charge is -2.58. The molecule has 5 saturated carbocycles. The second-order valence-electron chi connectivity index (χ2n) is 11.0. The van der Waals surface area contributed by atoms with Crippen molar-refractivity contribution in [3.05, 3.63) is 28.8 Å². The molecule has 7 nitrogen and oxygen atoms in total. The maximum absolute atomic E-state index is 13.7. The van der Waals surface area contributed by atoms with Crippen molar-refractivity contribution in [2.45, 2.75) is 81.2 Å². The van der Waals surface area contributed by atoms with Gasteiger partial charge in [-0.3, -0.25) is 9.59 Å². The van der Waals surface area contributed by atoms with Crippen LogP contribution < -0.4 is 10.0 Å². The lowest BCUT2D eigenvalue weighted by molar-refractivity contribution is -0.171. The van der Waals surface area contributed by atoms with E-state index in [2.05, 4.69) is 10.0 Å². The van der Waals surface area contributed by atoms with Crippen LogP contribution in [0.1, 0.15) is 63.4 Å². The van der Waals surface area contributed by atoms with Gasteiger partial charge < -0.3 is 10.1 Å². The number of carbonyl (C=O) groups is 2. The smallest absolute Gasteiger partial charge is 0.311 e. The number of amides is 1. The molecule has 4 bridgehead atoms. The number of halogens is 1. The highest BCUT2D eigenvalue weighted by atomic mass is 35.5. The molecule has 1 aromatic rings. The van der Waals surface area contributed by atoms with Crippen molar-refractivity contribution in [2.75, 3.05) is 7.11 Å². The van der Waals surface area contributed by atoms with Crippen molar-refractivity contribution in [1.29, 1.82) is 0 Å². The maximum Gasteiger partial charge on any atom is 0.311 e. The van der Waals surface area contributed by atoms with Crippen LogP contribution in [0.4, 0.5) is 0 Å². The Morgan fingerprint density at radius 3 is 2.35 bits per heavy atom. The summed E-state index contributed by atoms with van der Waals surface area (Å²) in [7, 11) is -2.49. The van der Waals surface area contributed by atoms with Crippen LogP contribution in [0, 0.1) is 30.1 Å². The third-order valence-electron chi connectivity index (χ3n) is 8.92. The van der Waals surface area contributed by atoms with Gasteiger partial charge in [-0.15, -0.1) is 0 Å². The average Bonchev–Trinajstić information content (AvgIpc) is 3.25. The number of benzene rings is 1. The van der Waals surface area contributed by atoms with Gasteiger partial charge in [0.15, 0.2) is 0 Å². The largest absolute Gasteiger partial charge is 0.469 e. The number of methoxy groups -OCH3 is 1. The molecule has 5 fully saturated rings. The van der Waals surface area contributed by atoms with Crippen LogP contribution in [0.3, 0.4) is 0 Å². The molecule has 2 N–H and O–H groups in total. The van der Waals surface area contributed by atoms with Crippen LogP contribution in [0.2, 0.25) is 5.02 Å². The van der Waals surface area contributed by atoms with Crippen molar-refractivity contribution in [2.24, 2.45) is 23.2 Å². The summed E-state index contributed by atoms with van der Waals surface area (Å²) >= 11 is 6.17. The Morgan fingerprint density at radius 1 is 1.09 bits per heavy atom. The number of hydrogen-bond donors (Lipinski definition) is 2. The van der Waals surface area contributed by atoms with Gasteiger partial charge in [0.1, 0.15) is 5.54 Å². The summed E-state index contributed by atoms with van der Waals surface area (Å²) in [6.45, 7) is 1.67. The molecular formula is C25H33ClN2O5S. The Bertz CT molecular complexity index is 1100. The molecule has 34 heavy (non-hydrogen) atoms. The first-order valence-electron chi connectivity index (χ1n) is 12.3. The van der Waals surface area contributed by atoms with Crippen LogP contribution in [-0.4, -0.2) is 39.0 Å². The molecule has 0 aliphatic heterocycles. The van der Waals surface area contributed by atoms with E-state index in [9.17, 15) is 18.0 Å². The molecule has 1 amide bonds. The van der Waals surface area contributed by atoms with Gasteiger partial charge >= 0.3 is 5.97 Å².